The maximum absolute atomic E-state index is 12.8. The number of likely N-dealkylation sites (tertiary alicyclic amines) is 1. The summed E-state index contributed by atoms with van der Waals surface area (Å²) in [4.78, 5) is 17.9. The molecular weight excluding hydrogens is 280 g/mol. The van der Waals surface area contributed by atoms with Crippen LogP contribution in [0.25, 0.3) is 10.9 Å². The van der Waals surface area contributed by atoms with Crippen molar-refractivity contribution in [2.24, 2.45) is 0 Å². The van der Waals surface area contributed by atoms with Gasteiger partial charge in [0.05, 0.1) is 7.11 Å². The Labute approximate surface area is 129 Å². The molecule has 5 nitrogen and oxygen atoms in total. The second-order valence-electron chi connectivity index (χ2n) is 5.80. The minimum Gasteiger partial charge on any atom is -0.497 e. The third kappa shape index (κ3) is 2.81. The number of benzene rings is 1. The van der Waals surface area contributed by atoms with Gasteiger partial charge in [0.15, 0.2) is 0 Å². The molecule has 2 N–H and O–H groups in total. The number of piperidine rings is 1. The number of methoxy groups -OCH3 is 1. The van der Waals surface area contributed by atoms with E-state index in [1.165, 1.54) is 0 Å². The third-order valence-corrected chi connectivity index (χ3v) is 4.41. The highest BCUT2D eigenvalue weighted by Crippen LogP contribution is 2.25. The number of aliphatic hydroxyl groups is 1. The number of hydrogen-bond donors (Lipinski definition) is 2. The highest BCUT2D eigenvalue weighted by Gasteiger charge is 2.27. The van der Waals surface area contributed by atoms with Crippen molar-refractivity contribution in [3.8, 4) is 5.75 Å². The van der Waals surface area contributed by atoms with E-state index in [9.17, 15) is 9.90 Å². The quantitative estimate of drug-likeness (QED) is 0.912. The molecule has 22 heavy (non-hydrogen) atoms. The third-order valence-electron chi connectivity index (χ3n) is 4.41. The number of aromatic amines is 1. The fourth-order valence-electron chi connectivity index (χ4n) is 3.22. The van der Waals surface area contributed by atoms with Gasteiger partial charge in [-0.05, 0) is 49.9 Å². The van der Waals surface area contributed by atoms with Gasteiger partial charge in [0, 0.05) is 30.1 Å². The molecule has 0 saturated carbocycles. The number of H-pyrrole nitrogens is 1. The summed E-state index contributed by atoms with van der Waals surface area (Å²) in [6, 6.07) is 7.75. The zero-order chi connectivity index (χ0) is 15.5. The number of hydrogen-bond acceptors (Lipinski definition) is 3. The first-order chi connectivity index (χ1) is 10.7. The van der Waals surface area contributed by atoms with Gasteiger partial charge in [-0.3, -0.25) is 4.79 Å². The molecule has 118 valence electrons. The molecule has 1 atom stereocenters. The standard InChI is InChI=1S/C17H22N2O3/c1-22-14-5-6-15-12(10-14)11-16(18-15)17(21)19-8-3-2-4-13(19)7-9-20/h5-6,10-11,13,18,20H,2-4,7-9H2,1H3. The summed E-state index contributed by atoms with van der Waals surface area (Å²) >= 11 is 0. The summed E-state index contributed by atoms with van der Waals surface area (Å²) in [6.45, 7) is 0.889. The largest absolute Gasteiger partial charge is 0.497 e. The number of aliphatic hydroxyl groups excluding tert-OH is 1. The predicted molar refractivity (Wildman–Crippen MR) is 85.2 cm³/mol. The molecule has 1 unspecified atom stereocenters. The van der Waals surface area contributed by atoms with Gasteiger partial charge >= 0.3 is 0 Å². The molecule has 0 spiro atoms. The molecule has 0 radical (unpaired) electrons. The van der Waals surface area contributed by atoms with Gasteiger partial charge in [-0.15, -0.1) is 0 Å². The second-order valence-corrected chi connectivity index (χ2v) is 5.80. The van der Waals surface area contributed by atoms with Crippen LogP contribution in [-0.2, 0) is 0 Å². The van der Waals surface area contributed by atoms with Crippen LogP contribution in [0.4, 0.5) is 0 Å². The number of amides is 1. The first kappa shape index (κ1) is 14.9. The number of carbonyl (C=O) groups excluding carboxylic acids is 1. The minimum absolute atomic E-state index is 0.0216. The van der Waals surface area contributed by atoms with Crippen LogP contribution in [0, 0.1) is 0 Å². The Balaban J connectivity index is 1.87. The number of fused-ring (bicyclic) bond motifs is 1. The van der Waals surface area contributed by atoms with Crippen LogP contribution >= 0.6 is 0 Å². The van der Waals surface area contributed by atoms with Crippen molar-refractivity contribution in [2.75, 3.05) is 20.3 Å². The van der Waals surface area contributed by atoms with Crippen molar-refractivity contribution < 1.29 is 14.6 Å². The molecule has 1 saturated heterocycles. The van der Waals surface area contributed by atoms with Gasteiger partial charge in [0.25, 0.3) is 5.91 Å². The predicted octanol–water partition coefficient (Wildman–Crippen LogP) is 2.55. The van der Waals surface area contributed by atoms with Crippen molar-refractivity contribution in [2.45, 2.75) is 31.7 Å². The number of nitrogens with zero attached hydrogens (tertiary/aromatic N) is 1. The summed E-state index contributed by atoms with van der Waals surface area (Å²) in [5.74, 6) is 0.801. The molecule has 0 bridgehead atoms. The first-order valence-corrected chi connectivity index (χ1v) is 7.81. The Morgan fingerprint density at radius 1 is 1.41 bits per heavy atom. The zero-order valence-electron chi connectivity index (χ0n) is 12.8. The average molecular weight is 302 g/mol. The van der Waals surface area contributed by atoms with Gasteiger partial charge in [-0.25, -0.2) is 0 Å². The lowest BCUT2D eigenvalue weighted by molar-refractivity contribution is 0.0569. The Morgan fingerprint density at radius 3 is 3.05 bits per heavy atom. The average Bonchev–Trinajstić information content (AvgIpc) is 2.98. The van der Waals surface area contributed by atoms with Crippen LogP contribution in [0.5, 0.6) is 5.75 Å². The number of carbonyl (C=O) groups is 1. The molecule has 1 fully saturated rings. The smallest absolute Gasteiger partial charge is 0.270 e. The molecule has 1 aliphatic rings. The second kappa shape index (κ2) is 6.40. The summed E-state index contributed by atoms with van der Waals surface area (Å²) in [7, 11) is 1.63. The maximum Gasteiger partial charge on any atom is 0.270 e. The molecule has 2 heterocycles. The van der Waals surface area contributed by atoms with Gasteiger partial charge in [-0.1, -0.05) is 0 Å². The molecule has 0 aliphatic carbocycles. The number of aromatic nitrogens is 1. The summed E-state index contributed by atoms with van der Waals surface area (Å²) < 4.78 is 5.22. The van der Waals surface area contributed by atoms with E-state index in [0.29, 0.717) is 12.1 Å². The van der Waals surface area contributed by atoms with Gasteiger partial charge < -0.3 is 19.7 Å². The van der Waals surface area contributed by atoms with E-state index >= 15 is 0 Å². The Hall–Kier alpha value is -2.01. The van der Waals surface area contributed by atoms with E-state index in [4.69, 9.17) is 4.74 Å². The number of nitrogens with one attached hydrogen (secondary N) is 1. The Kier molecular flexibility index (Phi) is 4.34. The summed E-state index contributed by atoms with van der Waals surface area (Å²) in [5.41, 5.74) is 1.54. The fourth-order valence-corrected chi connectivity index (χ4v) is 3.22. The summed E-state index contributed by atoms with van der Waals surface area (Å²) in [6.07, 6.45) is 3.78. The van der Waals surface area contributed by atoms with Crippen LogP contribution in [0.15, 0.2) is 24.3 Å². The van der Waals surface area contributed by atoms with Crippen molar-refractivity contribution in [1.29, 1.82) is 0 Å². The van der Waals surface area contributed by atoms with Crippen LogP contribution in [0.1, 0.15) is 36.2 Å². The minimum atomic E-state index is 0.0216. The highest BCUT2D eigenvalue weighted by molar-refractivity contribution is 5.98. The lowest BCUT2D eigenvalue weighted by Crippen LogP contribution is -2.44. The Morgan fingerprint density at radius 2 is 2.27 bits per heavy atom. The molecule has 5 heteroatoms. The number of ether oxygens (including phenoxy) is 1. The van der Waals surface area contributed by atoms with Gasteiger partial charge in [0.2, 0.25) is 0 Å². The molecular formula is C17H22N2O3. The van der Waals surface area contributed by atoms with Crippen LogP contribution in [-0.4, -0.2) is 47.2 Å². The normalized spacial score (nSPS) is 18.6. The lowest BCUT2D eigenvalue weighted by atomic mass is 9.99. The molecule has 3 rings (SSSR count). The van der Waals surface area contributed by atoms with Crippen molar-refractivity contribution in [3.63, 3.8) is 0 Å². The maximum atomic E-state index is 12.8. The molecule has 1 amide bonds. The van der Waals surface area contributed by atoms with E-state index in [-0.39, 0.29) is 18.6 Å². The van der Waals surface area contributed by atoms with E-state index in [2.05, 4.69) is 4.98 Å². The highest BCUT2D eigenvalue weighted by atomic mass is 16.5. The van der Waals surface area contributed by atoms with Crippen LogP contribution < -0.4 is 4.74 Å². The van der Waals surface area contributed by atoms with E-state index < -0.39 is 0 Å². The monoisotopic (exact) mass is 302 g/mol. The molecule has 1 aromatic heterocycles. The van der Waals surface area contributed by atoms with Crippen molar-refractivity contribution >= 4 is 16.8 Å². The van der Waals surface area contributed by atoms with E-state index in [0.717, 1.165) is 42.5 Å². The lowest BCUT2D eigenvalue weighted by Gasteiger charge is -2.35. The van der Waals surface area contributed by atoms with Crippen molar-refractivity contribution in [1.82, 2.24) is 9.88 Å². The van der Waals surface area contributed by atoms with Crippen molar-refractivity contribution in [3.05, 3.63) is 30.0 Å². The zero-order valence-corrected chi connectivity index (χ0v) is 12.8. The molecule has 1 aromatic carbocycles. The SMILES string of the molecule is COc1ccc2[nH]c(C(=O)N3CCCCC3CCO)cc2c1. The van der Waals surface area contributed by atoms with Crippen LogP contribution in [0.2, 0.25) is 0 Å². The first-order valence-electron chi connectivity index (χ1n) is 7.81. The fraction of sp³-hybridized carbons (Fsp3) is 0.471. The van der Waals surface area contributed by atoms with E-state index in [1.807, 2.05) is 29.2 Å². The van der Waals surface area contributed by atoms with Crippen LogP contribution in [0.3, 0.4) is 0 Å². The van der Waals surface area contributed by atoms with Gasteiger partial charge in [-0.2, -0.15) is 0 Å². The Bertz CT molecular complexity index is 663. The molecule has 1 aliphatic heterocycles. The van der Waals surface area contributed by atoms with E-state index in [1.54, 1.807) is 7.11 Å². The van der Waals surface area contributed by atoms with Gasteiger partial charge in [0.1, 0.15) is 11.4 Å². The summed E-state index contributed by atoms with van der Waals surface area (Å²) in [5, 5.41) is 10.2. The topological polar surface area (TPSA) is 65.6 Å². The number of rotatable bonds is 4. The molecule has 2 aromatic rings.